The molecule has 0 fully saturated rings. The van der Waals surface area contributed by atoms with Crippen LogP contribution in [-0.4, -0.2) is 29.8 Å². The topological polar surface area (TPSA) is 49.4 Å². The third-order valence-electron chi connectivity index (χ3n) is 4.19. The number of carbonyl (C=O) groups is 2. The normalized spacial score (nSPS) is 11.7. The van der Waals surface area contributed by atoms with Crippen molar-refractivity contribution in [1.82, 2.24) is 10.2 Å². The van der Waals surface area contributed by atoms with E-state index in [-0.39, 0.29) is 18.2 Å². The van der Waals surface area contributed by atoms with E-state index in [1.54, 1.807) is 37.1 Å². The number of hydrogen-bond donors (Lipinski definition) is 1. The lowest BCUT2D eigenvalue weighted by Gasteiger charge is -2.28. The fourth-order valence-electron chi connectivity index (χ4n) is 2.72. The van der Waals surface area contributed by atoms with Gasteiger partial charge in [-0.05, 0) is 37.1 Å². The summed E-state index contributed by atoms with van der Waals surface area (Å²) in [7, 11) is 1.56. The van der Waals surface area contributed by atoms with E-state index in [9.17, 15) is 9.59 Å². The zero-order chi connectivity index (χ0) is 19.3. The second kappa shape index (κ2) is 9.06. The maximum absolute atomic E-state index is 12.9. The van der Waals surface area contributed by atoms with Crippen LogP contribution in [0, 0.1) is 6.92 Å². The van der Waals surface area contributed by atoms with Crippen molar-refractivity contribution >= 4 is 35.0 Å². The molecular weight excluding hydrogens is 371 g/mol. The van der Waals surface area contributed by atoms with E-state index in [1.807, 2.05) is 31.2 Å². The van der Waals surface area contributed by atoms with Crippen LogP contribution in [0.5, 0.6) is 0 Å². The molecule has 2 aromatic carbocycles. The third kappa shape index (κ3) is 5.23. The molecule has 0 saturated heterocycles. The minimum Gasteiger partial charge on any atom is -0.357 e. The average molecular weight is 393 g/mol. The van der Waals surface area contributed by atoms with Gasteiger partial charge in [0.2, 0.25) is 11.8 Å². The quantitative estimate of drug-likeness (QED) is 0.806. The van der Waals surface area contributed by atoms with Gasteiger partial charge in [-0.1, -0.05) is 59.1 Å². The fourth-order valence-corrected chi connectivity index (χ4v) is 3.05. The minimum absolute atomic E-state index is 0.143. The van der Waals surface area contributed by atoms with Crippen molar-refractivity contribution in [3.05, 3.63) is 69.2 Å². The average Bonchev–Trinajstić information content (AvgIpc) is 2.61. The van der Waals surface area contributed by atoms with Crippen molar-refractivity contribution in [3.8, 4) is 0 Å². The molecule has 1 atom stereocenters. The molecule has 1 N–H and O–H groups in total. The van der Waals surface area contributed by atoms with E-state index in [0.29, 0.717) is 16.6 Å². The molecule has 4 nitrogen and oxygen atoms in total. The first-order valence-electron chi connectivity index (χ1n) is 8.32. The van der Waals surface area contributed by atoms with Crippen molar-refractivity contribution in [3.63, 3.8) is 0 Å². The molecule has 0 spiro atoms. The molecule has 26 heavy (non-hydrogen) atoms. The monoisotopic (exact) mass is 392 g/mol. The summed E-state index contributed by atoms with van der Waals surface area (Å²) in [5.41, 5.74) is 2.83. The number of nitrogens with one attached hydrogen (secondary N) is 1. The first-order chi connectivity index (χ1) is 12.3. The summed E-state index contributed by atoms with van der Waals surface area (Å²) in [4.78, 5) is 26.6. The number of rotatable bonds is 6. The second-order valence-corrected chi connectivity index (χ2v) is 7.04. The molecule has 0 aliphatic carbocycles. The summed E-state index contributed by atoms with van der Waals surface area (Å²) in [6.07, 6.45) is 0.143. The summed E-state index contributed by atoms with van der Waals surface area (Å²) in [6, 6.07) is 12.4. The minimum atomic E-state index is -0.587. The van der Waals surface area contributed by atoms with Gasteiger partial charge >= 0.3 is 0 Å². The van der Waals surface area contributed by atoms with Gasteiger partial charge in [0.15, 0.2) is 0 Å². The number of carbonyl (C=O) groups excluding carboxylic acids is 2. The molecule has 0 bridgehead atoms. The predicted octanol–water partition coefficient (Wildman–Crippen LogP) is 4.01. The van der Waals surface area contributed by atoms with Crippen molar-refractivity contribution in [2.45, 2.75) is 32.9 Å². The highest BCUT2D eigenvalue weighted by molar-refractivity contribution is 6.42. The van der Waals surface area contributed by atoms with Crippen LogP contribution in [0.15, 0.2) is 42.5 Å². The zero-order valence-corrected chi connectivity index (χ0v) is 16.6. The number of nitrogens with zero attached hydrogens (tertiary/aromatic N) is 1. The maximum atomic E-state index is 12.9. The van der Waals surface area contributed by atoms with E-state index in [1.165, 1.54) is 0 Å². The molecule has 0 aromatic heterocycles. The molecule has 2 aromatic rings. The summed E-state index contributed by atoms with van der Waals surface area (Å²) in [6.45, 7) is 4.07. The van der Waals surface area contributed by atoms with Crippen LogP contribution in [0.25, 0.3) is 0 Å². The highest BCUT2D eigenvalue weighted by Crippen LogP contribution is 2.23. The van der Waals surface area contributed by atoms with Gasteiger partial charge in [-0.3, -0.25) is 9.59 Å². The Morgan fingerprint density at radius 3 is 2.42 bits per heavy atom. The molecule has 0 aliphatic rings. The van der Waals surface area contributed by atoms with Gasteiger partial charge in [-0.25, -0.2) is 0 Å². The van der Waals surface area contributed by atoms with Crippen LogP contribution in [0.1, 0.15) is 23.6 Å². The van der Waals surface area contributed by atoms with Crippen molar-refractivity contribution in [2.24, 2.45) is 0 Å². The van der Waals surface area contributed by atoms with Crippen LogP contribution in [0.2, 0.25) is 10.0 Å². The Morgan fingerprint density at radius 1 is 1.08 bits per heavy atom. The Bertz CT molecular complexity index is 808. The van der Waals surface area contributed by atoms with Gasteiger partial charge in [0.25, 0.3) is 0 Å². The first-order valence-corrected chi connectivity index (χ1v) is 9.08. The van der Waals surface area contributed by atoms with Gasteiger partial charge in [-0.2, -0.15) is 0 Å². The predicted molar refractivity (Wildman–Crippen MR) is 105 cm³/mol. The van der Waals surface area contributed by atoms with Gasteiger partial charge in [0.1, 0.15) is 6.04 Å². The lowest BCUT2D eigenvalue weighted by atomic mass is 10.1. The lowest BCUT2D eigenvalue weighted by Crippen LogP contribution is -2.47. The van der Waals surface area contributed by atoms with Crippen LogP contribution >= 0.6 is 23.2 Å². The number of aryl methyl sites for hydroxylation is 1. The van der Waals surface area contributed by atoms with Gasteiger partial charge in [0, 0.05) is 13.6 Å². The summed E-state index contributed by atoms with van der Waals surface area (Å²) in [5, 5.41) is 3.45. The van der Waals surface area contributed by atoms with E-state index in [0.717, 1.165) is 16.7 Å². The highest BCUT2D eigenvalue weighted by Gasteiger charge is 2.25. The lowest BCUT2D eigenvalue weighted by molar-refractivity contribution is -0.139. The molecule has 2 amide bonds. The Balaban J connectivity index is 2.25. The molecule has 0 radical (unpaired) electrons. The largest absolute Gasteiger partial charge is 0.357 e. The SMILES string of the molecule is CNC(=O)[C@H](C)N(Cc1cccc(C)c1)C(=O)Cc1ccc(Cl)c(Cl)c1. The Hall–Kier alpha value is -2.04. The van der Waals surface area contributed by atoms with Crippen molar-refractivity contribution in [2.75, 3.05) is 7.05 Å². The fraction of sp³-hybridized carbons (Fsp3) is 0.300. The molecular formula is C20H22Cl2N2O2. The molecule has 0 aliphatic heterocycles. The molecule has 2 rings (SSSR count). The molecule has 138 valence electrons. The first kappa shape index (κ1) is 20.3. The Kier molecular flexibility index (Phi) is 7.06. The Labute approximate surface area is 164 Å². The number of likely N-dealkylation sites (N-methyl/N-ethyl adjacent to an activating group) is 1. The smallest absolute Gasteiger partial charge is 0.242 e. The van der Waals surface area contributed by atoms with Gasteiger partial charge in [-0.15, -0.1) is 0 Å². The second-order valence-electron chi connectivity index (χ2n) is 6.23. The maximum Gasteiger partial charge on any atom is 0.242 e. The Morgan fingerprint density at radius 2 is 1.81 bits per heavy atom. The molecule has 6 heteroatoms. The van der Waals surface area contributed by atoms with Crippen LogP contribution < -0.4 is 5.32 Å². The van der Waals surface area contributed by atoms with Crippen LogP contribution in [0.3, 0.4) is 0 Å². The van der Waals surface area contributed by atoms with Gasteiger partial charge < -0.3 is 10.2 Å². The van der Waals surface area contributed by atoms with Crippen molar-refractivity contribution < 1.29 is 9.59 Å². The number of benzene rings is 2. The summed E-state index contributed by atoms with van der Waals surface area (Å²) < 4.78 is 0. The highest BCUT2D eigenvalue weighted by atomic mass is 35.5. The molecule has 0 heterocycles. The van der Waals surface area contributed by atoms with E-state index >= 15 is 0 Å². The van der Waals surface area contributed by atoms with E-state index < -0.39 is 6.04 Å². The summed E-state index contributed by atoms with van der Waals surface area (Å²) in [5.74, 6) is -0.360. The zero-order valence-electron chi connectivity index (χ0n) is 15.1. The molecule has 0 unspecified atom stereocenters. The van der Waals surface area contributed by atoms with Gasteiger partial charge in [0.05, 0.1) is 16.5 Å². The number of hydrogen-bond acceptors (Lipinski definition) is 2. The van der Waals surface area contributed by atoms with Crippen LogP contribution in [0.4, 0.5) is 0 Å². The van der Waals surface area contributed by atoms with E-state index in [4.69, 9.17) is 23.2 Å². The standard InChI is InChI=1S/C20H22Cl2N2O2/c1-13-5-4-6-16(9-13)12-24(14(2)20(26)23-3)19(25)11-15-7-8-17(21)18(22)10-15/h4-10,14H,11-12H2,1-3H3,(H,23,26)/t14-/m0/s1. The number of halogens is 2. The number of amides is 2. The van der Waals surface area contributed by atoms with E-state index in [2.05, 4.69) is 5.32 Å². The third-order valence-corrected chi connectivity index (χ3v) is 4.93. The van der Waals surface area contributed by atoms with Crippen molar-refractivity contribution in [1.29, 1.82) is 0 Å². The van der Waals surface area contributed by atoms with Crippen LogP contribution in [-0.2, 0) is 22.6 Å². The summed E-state index contributed by atoms with van der Waals surface area (Å²) >= 11 is 12.0. The molecule has 0 saturated carbocycles.